The van der Waals surface area contributed by atoms with E-state index >= 15 is 0 Å². The van der Waals surface area contributed by atoms with Crippen molar-refractivity contribution in [3.63, 3.8) is 0 Å². The number of imidazole rings is 1. The van der Waals surface area contributed by atoms with Crippen LogP contribution in [0.3, 0.4) is 0 Å². The molecular weight excluding hydrogens is 274 g/mol. The lowest BCUT2D eigenvalue weighted by Gasteiger charge is -2.06. The van der Waals surface area contributed by atoms with E-state index in [0.717, 1.165) is 17.7 Å². The topological polar surface area (TPSA) is 57.8 Å². The summed E-state index contributed by atoms with van der Waals surface area (Å²) in [4.78, 5) is 19.1. The molecule has 3 aromatic rings. The Morgan fingerprint density at radius 1 is 1.00 bits per heavy atom. The molecule has 22 heavy (non-hydrogen) atoms. The fraction of sp³-hybridized carbons (Fsp3) is 0.111. The summed E-state index contributed by atoms with van der Waals surface area (Å²) in [6.45, 7) is 0.526. The molecule has 0 bridgehead atoms. The highest BCUT2D eigenvalue weighted by Crippen LogP contribution is 2.09. The monoisotopic (exact) mass is 291 g/mol. The van der Waals surface area contributed by atoms with Crippen molar-refractivity contribution in [2.24, 2.45) is 0 Å². The van der Waals surface area contributed by atoms with Gasteiger partial charge in [-0.3, -0.25) is 4.79 Å². The van der Waals surface area contributed by atoms with Crippen molar-refractivity contribution in [3.05, 3.63) is 89.5 Å². The third-order valence-corrected chi connectivity index (χ3v) is 3.46. The van der Waals surface area contributed by atoms with Gasteiger partial charge >= 0.3 is 0 Å². The molecule has 2 N–H and O–H groups in total. The van der Waals surface area contributed by atoms with Gasteiger partial charge in [0.1, 0.15) is 0 Å². The van der Waals surface area contributed by atoms with Crippen molar-refractivity contribution < 1.29 is 4.79 Å². The molecular formula is C18H17N3O. The van der Waals surface area contributed by atoms with E-state index in [1.54, 1.807) is 6.33 Å². The zero-order valence-electron chi connectivity index (χ0n) is 12.1. The lowest BCUT2D eigenvalue weighted by atomic mass is 10.1. The molecule has 0 aliphatic carbocycles. The van der Waals surface area contributed by atoms with Gasteiger partial charge in [0.15, 0.2) is 0 Å². The van der Waals surface area contributed by atoms with Gasteiger partial charge in [0.2, 0.25) is 0 Å². The molecule has 4 heteroatoms. The number of nitrogens with one attached hydrogen (secondary N) is 2. The normalized spacial score (nSPS) is 10.4. The molecule has 0 atom stereocenters. The predicted octanol–water partition coefficient (Wildman–Crippen LogP) is 2.93. The van der Waals surface area contributed by atoms with E-state index in [1.807, 2.05) is 48.7 Å². The first-order valence-electron chi connectivity index (χ1n) is 7.19. The molecule has 0 radical (unpaired) electrons. The number of rotatable bonds is 5. The van der Waals surface area contributed by atoms with Gasteiger partial charge in [0.05, 0.1) is 6.33 Å². The van der Waals surface area contributed by atoms with Crippen LogP contribution in [0.1, 0.15) is 27.2 Å². The first kappa shape index (κ1) is 14.1. The molecule has 0 aliphatic rings. The molecule has 0 aliphatic heterocycles. The van der Waals surface area contributed by atoms with Gasteiger partial charge < -0.3 is 10.3 Å². The van der Waals surface area contributed by atoms with Crippen molar-refractivity contribution in [1.82, 2.24) is 15.3 Å². The first-order chi connectivity index (χ1) is 10.8. The number of hydrogen-bond acceptors (Lipinski definition) is 2. The molecule has 0 unspecified atom stereocenters. The average Bonchev–Trinajstić information content (AvgIpc) is 3.08. The molecule has 110 valence electrons. The fourth-order valence-corrected chi connectivity index (χ4v) is 2.25. The second-order valence-corrected chi connectivity index (χ2v) is 5.12. The molecule has 1 amide bonds. The summed E-state index contributed by atoms with van der Waals surface area (Å²) in [6.07, 6.45) is 4.34. The minimum Gasteiger partial charge on any atom is -0.348 e. The molecule has 0 spiro atoms. The summed E-state index contributed by atoms with van der Waals surface area (Å²) in [5.74, 6) is -0.0536. The minimum absolute atomic E-state index is 0.0536. The van der Waals surface area contributed by atoms with E-state index in [0.29, 0.717) is 12.1 Å². The summed E-state index contributed by atoms with van der Waals surface area (Å²) < 4.78 is 0. The Balaban J connectivity index is 1.56. The van der Waals surface area contributed by atoms with Gasteiger partial charge in [0, 0.05) is 30.4 Å². The second-order valence-electron chi connectivity index (χ2n) is 5.12. The summed E-state index contributed by atoms with van der Waals surface area (Å²) >= 11 is 0. The Morgan fingerprint density at radius 3 is 2.41 bits per heavy atom. The number of nitrogens with zero attached hydrogens (tertiary/aromatic N) is 1. The smallest absolute Gasteiger partial charge is 0.251 e. The molecule has 1 heterocycles. The summed E-state index contributed by atoms with van der Waals surface area (Å²) in [7, 11) is 0. The maximum Gasteiger partial charge on any atom is 0.251 e. The van der Waals surface area contributed by atoms with E-state index < -0.39 is 0 Å². The van der Waals surface area contributed by atoms with Gasteiger partial charge in [0.25, 0.3) is 5.91 Å². The van der Waals surface area contributed by atoms with E-state index in [4.69, 9.17) is 0 Å². The van der Waals surface area contributed by atoms with Gasteiger partial charge in [-0.25, -0.2) is 4.98 Å². The number of carbonyl (C=O) groups is 1. The Hall–Kier alpha value is -2.88. The highest BCUT2D eigenvalue weighted by atomic mass is 16.1. The second kappa shape index (κ2) is 6.72. The summed E-state index contributed by atoms with van der Waals surface area (Å²) in [6, 6.07) is 17.5. The highest BCUT2D eigenvalue weighted by molar-refractivity contribution is 5.94. The van der Waals surface area contributed by atoms with Crippen LogP contribution in [-0.2, 0) is 13.0 Å². The zero-order valence-corrected chi connectivity index (χ0v) is 12.1. The molecule has 0 saturated heterocycles. The number of aromatic amines is 1. The molecule has 1 aromatic heterocycles. The number of aromatic nitrogens is 2. The van der Waals surface area contributed by atoms with Gasteiger partial charge in [-0.15, -0.1) is 0 Å². The maximum atomic E-state index is 12.0. The summed E-state index contributed by atoms with van der Waals surface area (Å²) in [5.41, 5.74) is 4.06. The number of carbonyl (C=O) groups excluding carboxylic acids is 1. The Bertz CT molecular complexity index is 719. The van der Waals surface area contributed by atoms with Crippen LogP contribution in [0.2, 0.25) is 0 Å². The SMILES string of the molecule is O=C(NCc1ccc(Cc2cnc[nH]2)cc1)c1ccccc1. The Kier molecular flexibility index (Phi) is 4.30. The molecule has 4 nitrogen and oxygen atoms in total. The number of amides is 1. The standard InChI is InChI=1S/C18H17N3O/c22-18(16-4-2-1-3-5-16)20-11-15-8-6-14(7-9-15)10-17-12-19-13-21-17/h1-9,12-13H,10-11H2,(H,19,21)(H,20,22). The lowest BCUT2D eigenvalue weighted by Crippen LogP contribution is -2.22. The third-order valence-electron chi connectivity index (χ3n) is 3.46. The van der Waals surface area contributed by atoms with Crippen molar-refractivity contribution in [2.75, 3.05) is 0 Å². The quantitative estimate of drug-likeness (QED) is 0.759. The van der Waals surface area contributed by atoms with Crippen molar-refractivity contribution in [1.29, 1.82) is 0 Å². The minimum atomic E-state index is -0.0536. The number of H-pyrrole nitrogens is 1. The molecule has 0 saturated carbocycles. The number of hydrogen-bond donors (Lipinski definition) is 2. The predicted molar refractivity (Wildman–Crippen MR) is 85.4 cm³/mol. The van der Waals surface area contributed by atoms with Gasteiger partial charge in [-0.05, 0) is 23.3 Å². The largest absolute Gasteiger partial charge is 0.348 e. The fourth-order valence-electron chi connectivity index (χ4n) is 2.25. The molecule has 2 aromatic carbocycles. The van der Waals surface area contributed by atoms with Crippen LogP contribution >= 0.6 is 0 Å². The van der Waals surface area contributed by atoms with Crippen molar-refractivity contribution in [2.45, 2.75) is 13.0 Å². The van der Waals surface area contributed by atoms with E-state index in [-0.39, 0.29) is 5.91 Å². The van der Waals surface area contributed by atoms with E-state index in [1.165, 1.54) is 5.56 Å². The van der Waals surface area contributed by atoms with Crippen LogP contribution in [0.4, 0.5) is 0 Å². The average molecular weight is 291 g/mol. The maximum absolute atomic E-state index is 12.0. The van der Waals surface area contributed by atoms with Crippen molar-refractivity contribution >= 4 is 5.91 Å². The van der Waals surface area contributed by atoms with Crippen LogP contribution in [-0.4, -0.2) is 15.9 Å². The summed E-state index contributed by atoms with van der Waals surface area (Å²) in [5, 5.41) is 2.93. The first-order valence-corrected chi connectivity index (χ1v) is 7.19. The number of benzene rings is 2. The lowest BCUT2D eigenvalue weighted by molar-refractivity contribution is 0.0951. The van der Waals surface area contributed by atoms with Crippen molar-refractivity contribution in [3.8, 4) is 0 Å². The molecule has 3 rings (SSSR count). The van der Waals surface area contributed by atoms with Crippen LogP contribution in [0.15, 0.2) is 67.1 Å². The van der Waals surface area contributed by atoms with Crippen LogP contribution in [0.25, 0.3) is 0 Å². The van der Waals surface area contributed by atoms with Crippen LogP contribution in [0.5, 0.6) is 0 Å². The zero-order chi connectivity index (χ0) is 15.2. The van der Waals surface area contributed by atoms with E-state index in [9.17, 15) is 4.79 Å². The molecule has 0 fully saturated rings. The third kappa shape index (κ3) is 3.61. The van der Waals surface area contributed by atoms with Gasteiger partial charge in [-0.1, -0.05) is 42.5 Å². The van der Waals surface area contributed by atoms with Gasteiger partial charge in [-0.2, -0.15) is 0 Å². The van der Waals surface area contributed by atoms with Crippen LogP contribution in [0, 0.1) is 0 Å². The Labute approximate surface area is 129 Å². The Morgan fingerprint density at radius 2 is 1.73 bits per heavy atom. The highest BCUT2D eigenvalue weighted by Gasteiger charge is 2.04. The van der Waals surface area contributed by atoms with E-state index in [2.05, 4.69) is 27.4 Å². The van der Waals surface area contributed by atoms with Crippen LogP contribution < -0.4 is 5.32 Å².